The van der Waals surface area contributed by atoms with Gasteiger partial charge in [0.1, 0.15) is 6.61 Å². The van der Waals surface area contributed by atoms with Crippen molar-refractivity contribution in [3.8, 4) is 0 Å². The molecule has 0 saturated carbocycles. The fraction of sp³-hybridized carbons (Fsp3) is 0.467. The molecule has 0 aromatic heterocycles. The Morgan fingerprint density at radius 2 is 2.04 bits per heavy atom. The van der Waals surface area contributed by atoms with Crippen LogP contribution in [0.4, 0.5) is 18.9 Å². The van der Waals surface area contributed by atoms with Crippen molar-refractivity contribution in [2.45, 2.75) is 32.0 Å². The zero-order chi connectivity index (χ0) is 18.8. The van der Waals surface area contributed by atoms with Gasteiger partial charge in [-0.3, -0.25) is 19.7 Å². The Labute approximate surface area is 140 Å². The van der Waals surface area contributed by atoms with Crippen LogP contribution < -0.4 is 5.32 Å². The number of hydrogen-bond donors (Lipinski definition) is 1. The molecule has 0 radical (unpaired) electrons. The highest BCUT2D eigenvalue weighted by Gasteiger charge is 2.41. The summed E-state index contributed by atoms with van der Waals surface area (Å²) in [5.74, 6) is -3.31. The molecule has 0 saturated heterocycles. The molecule has 1 aromatic carbocycles. The number of nitro groups is 1. The molecule has 2 atom stereocenters. The second-order valence-corrected chi connectivity index (χ2v) is 5.72. The molecule has 0 fully saturated rings. The maximum Gasteiger partial charge on any atom is 0.471 e. The van der Waals surface area contributed by atoms with Gasteiger partial charge in [0.15, 0.2) is 0 Å². The Balaban J connectivity index is 2.29. The van der Waals surface area contributed by atoms with Crippen LogP contribution in [-0.4, -0.2) is 35.6 Å². The lowest BCUT2D eigenvalue weighted by Crippen LogP contribution is -2.40. The summed E-state index contributed by atoms with van der Waals surface area (Å²) in [5.41, 5.74) is 0.772. The normalized spacial score (nSPS) is 19.7. The fourth-order valence-corrected chi connectivity index (χ4v) is 2.81. The zero-order valence-corrected chi connectivity index (χ0v) is 13.1. The highest BCUT2D eigenvalue weighted by atomic mass is 19.4. The Morgan fingerprint density at radius 3 is 2.60 bits per heavy atom. The molecular formula is C15H15F3N2O5. The molecule has 1 aromatic rings. The monoisotopic (exact) mass is 360 g/mol. The second-order valence-electron chi connectivity index (χ2n) is 5.72. The van der Waals surface area contributed by atoms with E-state index in [2.05, 4.69) is 0 Å². The van der Waals surface area contributed by atoms with Gasteiger partial charge in [0, 0.05) is 24.0 Å². The molecule has 1 aliphatic carbocycles. The summed E-state index contributed by atoms with van der Waals surface area (Å²) in [6, 6.07) is 3.22. The van der Waals surface area contributed by atoms with Crippen LogP contribution in [0.5, 0.6) is 0 Å². The number of esters is 1. The number of carbonyl (C=O) groups excluding carboxylic acids is 2. The average Bonchev–Trinajstić information content (AvgIpc) is 2.51. The third-order valence-corrected chi connectivity index (χ3v) is 3.99. The number of rotatable bonds is 4. The molecule has 0 aliphatic heterocycles. The van der Waals surface area contributed by atoms with Gasteiger partial charge in [0.25, 0.3) is 0 Å². The quantitative estimate of drug-likeness (QED) is 0.504. The van der Waals surface area contributed by atoms with Crippen molar-refractivity contribution in [1.82, 2.24) is 0 Å². The molecule has 0 spiro atoms. The zero-order valence-electron chi connectivity index (χ0n) is 13.1. The van der Waals surface area contributed by atoms with Crippen molar-refractivity contribution in [3.05, 3.63) is 39.4 Å². The molecule has 1 amide bonds. The predicted molar refractivity (Wildman–Crippen MR) is 79.4 cm³/mol. The fourth-order valence-electron chi connectivity index (χ4n) is 2.81. The number of halogens is 3. The number of anilines is 1. The molecule has 136 valence electrons. The first-order chi connectivity index (χ1) is 11.6. The van der Waals surface area contributed by atoms with E-state index in [9.17, 15) is 32.9 Å². The van der Waals surface area contributed by atoms with E-state index in [4.69, 9.17) is 4.74 Å². The van der Waals surface area contributed by atoms with Gasteiger partial charge in [-0.2, -0.15) is 13.2 Å². The lowest BCUT2D eigenvalue weighted by atomic mass is 9.80. The highest BCUT2D eigenvalue weighted by molar-refractivity contribution is 5.95. The van der Waals surface area contributed by atoms with Crippen LogP contribution in [0.3, 0.4) is 0 Å². The third kappa shape index (κ3) is 4.46. The number of carbonyl (C=O) groups is 2. The van der Waals surface area contributed by atoms with Crippen molar-refractivity contribution in [2.24, 2.45) is 5.92 Å². The van der Waals surface area contributed by atoms with Crippen LogP contribution in [0.15, 0.2) is 18.2 Å². The van der Waals surface area contributed by atoms with Gasteiger partial charge in [-0.25, -0.2) is 0 Å². The van der Waals surface area contributed by atoms with Crippen LogP contribution in [0.2, 0.25) is 0 Å². The minimum Gasteiger partial charge on any atom is -0.465 e. The molecular weight excluding hydrogens is 345 g/mol. The standard InChI is InChI=1S/C15H15F3N2O5/c1-8(21)25-7-10-5-9-3-2-4-12(19-14(22)15(16,17)18)11(9)6-13(10)20(23)24/h2-4,10,13H,5-7H2,1H3,(H,19,22). The minimum atomic E-state index is -5.06. The molecule has 0 bridgehead atoms. The third-order valence-electron chi connectivity index (χ3n) is 3.99. The Morgan fingerprint density at radius 1 is 1.36 bits per heavy atom. The van der Waals surface area contributed by atoms with Crippen LogP contribution in [-0.2, 0) is 27.2 Å². The molecule has 0 heterocycles. The van der Waals surface area contributed by atoms with Crippen molar-refractivity contribution in [1.29, 1.82) is 0 Å². The number of nitrogens with one attached hydrogen (secondary N) is 1. The lowest BCUT2D eigenvalue weighted by Gasteiger charge is -2.28. The molecule has 7 nitrogen and oxygen atoms in total. The highest BCUT2D eigenvalue weighted by Crippen LogP contribution is 2.33. The van der Waals surface area contributed by atoms with Crippen molar-refractivity contribution in [3.63, 3.8) is 0 Å². The van der Waals surface area contributed by atoms with Gasteiger partial charge in [-0.1, -0.05) is 12.1 Å². The summed E-state index contributed by atoms with van der Waals surface area (Å²) in [7, 11) is 0. The van der Waals surface area contributed by atoms with Gasteiger partial charge in [0.2, 0.25) is 6.04 Å². The second kappa shape index (κ2) is 7.08. The number of ether oxygens (including phenoxy) is 1. The van der Waals surface area contributed by atoms with E-state index in [0.717, 1.165) is 0 Å². The molecule has 1 aliphatic rings. The maximum absolute atomic E-state index is 12.4. The Bertz CT molecular complexity index is 705. The summed E-state index contributed by atoms with van der Waals surface area (Å²) < 4.78 is 42.2. The van der Waals surface area contributed by atoms with E-state index >= 15 is 0 Å². The first-order valence-corrected chi connectivity index (χ1v) is 7.35. The van der Waals surface area contributed by atoms with Gasteiger partial charge in [-0.05, 0) is 23.6 Å². The number of nitrogens with zero attached hydrogens (tertiary/aromatic N) is 1. The van der Waals surface area contributed by atoms with Crippen molar-refractivity contribution < 1.29 is 32.4 Å². The van der Waals surface area contributed by atoms with E-state index in [1.54, 1.807) is 11.4 Å². The largest absolute Gasteiger partial charge is 0.471 e. The van der Waals surface area contributed by atoms with Gasteiger partial charge < -0.3 is 10.1 Å². The predicted octanol–water partition coefficient (Wildman–Crippen LogP) is 2.11. The molecule has 25 heavy (non-hydrogen) atoms. The number of hydrogen-bond acceptors (Lipinski definition) is 5. The summed E-state index contributed by atoms with van der Waals surface area (Å²) in [6.07, 6.45) is -5.07. The van der Waals surface area contributed by atoms with E-state index in [-0.39, 0.29) is 25.1 Å². The number of fused-ring (bicyclic) bond motifs is 1. The minimum absolute atomic E-state index is 0.0994. The van der Waals surface area contributed by atoms with Crippen molar-refractivity contribution >= 4 is 17.6 Å². The topological polar surface area (TPSA) is 98.5 Å². The SMILES string of the molecule is CC(=O)OCC1Cc2cccc(NC(=O)C(F)(F)F)c2CC1[N+](=O)[O-]. The van der Waals surface area contributed by atoms with Crippen LogP contribution >= 0.6 is 0 Å². The van der Waals surface area contributed by atoms with Crippen molar-refractivity contribution in [2.75, 3.05) is 11.9 Å². The van der Waals surface area contributed by atoms with Crippen LogP contribution in [0.1, 0.15) is 18.1 Å². The maximum atomic E-state index is 12.4. The first kappa shape index (κ1) is 18.7. The van der Waals surface area contributed by atoms with E-state index in [1.165, 1.54) is 19.1 Å². The first-order valence-electron chi connectivity index (χ1n) is 7.35. The van der Waals surface area contributed by atoms with Gasteiger partial charge in [-0.15, -0.1) is 0 Å². The Kier molecular flexibility index (Phi) is 5.29. The molecule has 2 rings (SSSR count). The molecule has 1 N–H and O–H groups in total. The summed E-state index contributed by atoms with van der Waals surface area (Å²) in [5, 5.41) is 13.1. The summed E-state index contributed by atoms with van der Waals surface area (Å²) in [6.45, 7) is 1.03. The van der Waals surface area contributed by atoms with Crippen LogP contribution in [0.25, 0.3) is 0 Å². The molecule has 10 heteroatoms. The molecule has 2 unspecified atom stereocenters. The number of amides is 1. The van der Waals surface area contributed by atoms with E-state index in [1.807, 2.05) is 0 Å². The average molecular weight is 360 g/mol. The lowest BCUT2D eigenvalue weighted by molar-refractivity contribution is -0.533. The number of benzene rings is 1. The Hall–Kier alpha value is -2.65. The van der Waals surface area contributed by atoms with E-state index < -0.39 is 34.9 Å². The van der Waals surface area contributed by atoms with Gasteiger partial charge >= 0.3 is 18.1 Å². The smallest absolute Gasteiger partial charge is 0.465 e. The van der Waals surface area contributed by atoms with Crippen LogP contribution in [0, 0.1) is 16.0 Å². The van der Waals surface area contributed by atoms with Gasteiger partial charge in [0.05, 0.1) is 5.92 Å². The van der Waals surface area contributed by atoms with E-state index in [0.29, 0.717) is 11.1 Å². The summed E-state index contributed by atoms with van der Waals surface area (Å²) >= 11 is 0. The number of alkyl halides is 3. The summed E-state index contributed by atoms with van der Waals surface area (Å²) in [4.78, 5) is 32.8.